The second kappa shape index (κ2) is 5.95. The molecule has 2 N–H and O–H groups in total. The van der Waals surface area contributed by atoms with Crippen LogP contribution >= 0.6 is 12.0 Å². The highest BCUT2D eigenvalue weighted by Crippen LogP contribution is 2.34. The summed E-state index contributed by atoms with van der Waals surface area (Å²) >= 11 is 0.734. The van der Waals surface area contributed by atoms with Crippen LogP contribution < -0.4 is 10.9 Å². The van der Waals surface area contributed by atoms with Gasteiger partial charge in [0.05, 0.1) is 0 Å². The second-order valence-electron chi connectivity index (χ2n) is 5.49. The summed E-state index contributed by atoms with van der Waals surface area (Å²) in [6.07, 6.45) is 4.42. The summed E-state index contributed by atoms with van der Waals surface area (Å²) in [6.45, 7) is 0.977. The molecule has 0 amide bonds. The SMILES string of the molecule is Cn1cc(-c2cc(SO)ccc2NCC2CC2)ccc1=O. The highest BCUT2D eigenvalue weighted by atomic mass is 32.2. The number of nitrogens with zero attached hydrogens (tertiary/aromatic N) is 1. The van der Waals surface area contributed by atoms with Crippen LogP contribution in [0.25, 0.3) is 11.1 Å². The van der Waals surface area contributed by atoms with Crippen LogP contribution in [0, 0.1) is 5.92 Å². The standard InChI is InChI=1S/C16H18N2O2S/c1-18-10-12(4-7-16(18)19)14-8-13(21-20)5-6-15(14)17-9-11-2-3-11/h4-8,10-11,17,20H,2-3,9H2,1H3. The van der Waals surface area contributed by atoms with Crippen LogP contribution in [0.5, 0.6) is 0 Å². The van der Waals surface area contributed by atoms with Gasteiger partial charge in [-0.2, -0.15) is 0 Å². The van der Waals surface area contributed by atoms with Gasteiger partial charge >= 0.3 is 0 Å². The van der Waals surface area contributed by atoms with Gasteiger partial charge in [-0.1, -0.05) is 0 Å². The molecular formula is C16H18N2O2S. The molecule has 2 aromatic rings. The number of rotatable bonds is 5. The van der Waals surface area contributed by atoms with Crippen molar-refractivity contribution in [1.29, 1.82) is 0 Å². The molecule has 0 bridgehead atoms. The Morgan fingerprint density at radius 3 is 2.81 bits per heavy atom. The molecule has 0 unspecified atom stereocenters. The minimum Gasteiger partial charge on any atom is -0.384 e. The molecule has 0 spiro atoms. The molecule has 21 heavy (non-hydrogen) atoms. The summed E-state index contributed by atoms with van der Waals surface area (Å²) in [4.78, 5) is 12.3. The number of hydrogen-bond donors (Lipinski definition) is 2. The third-order valence-electron chi connectivity index (χ3n) is 3.77. The quantitative estimate of drug-likeness (QED) is 0.831. The zero-order valence-electron chi connectivity index (χ0n) is 11.9. The molecule has 1 aliphatic carbocycles. The summed E-state index contributed by atoms with van der Waals surface area (Å²) in [5.41, 5.74) is 2.98. The first-order chi connectivity index (χ1) is 10.2. The monoisotopic (exact) mass is 302 g/mol. The topological polar surface area (TPSA) is 54.3 Å². The van der Waals surface area contributed by atoms with Gasteiger partial charge < -0.3 is 14.4 Å². The molecule has 3 rings (SSSR count). The molecule has 1 heterocycles. The van der Waals surface area contributed by atoms with Gasteiger partial charge in [-0.15, -0.1) is 0 Å². The van der Waals surface area contributed by atoms with E-state index in [1.807, 2.05) is 30.5 Å². The summed E-state index contributed by atoms with van der Waals surface area (Å²) < 4.78 is 10.8. The first-order valence-corrected chi connectivity index (χ1v) is 7.81. The number of nitrogens with one attached hydrogen (secondary N) is 1. The number of aromatic nitrogens is 1. The van der Waals surface area contributed by atoms with Crippen molar-refractivity contribution in [1.82, 2.24) is 4.57 Å². The highest BCUT2D eigenvalue weighted by Gasteiger charge is 2.21. The minimum atomic E-state index is -0.0288. The maximum atomic E-state index is 11.5. The zero-order chi connectivity index (χ0) is 14.8. The van der Waals surface area contributed by atoms with E-state index in [4.69, 9.17) is 0 Å². The van der Waals surface area contributed by atoms with Gasteiger partial charge in [0.25, 0.3) is 0 Å². The molecule has 1 saturated carbocycles. The Kier molecular flexibility index (Phi) is 4.03. The molecule has 4 nitrogen and oxygen atoms in total. The lowest BCUT2D eigenvalue weighted by Crippen LogP contribution is -2.14. The van der Waals surface area contributed by atoms with E-state index in [0.717, 1.165) is 46.2 Å². The van der Waals surface area contributed by atoms with Crippen molar-refractivity contribution in [2.24, 2.45) is 13.0 Å². The molecular weight excluding hydrogens is 284 g/mol. The predicted octanol–water partition coefficient (Wildman–Crippen LogP) is 3.44. The van der Waals surface area contributed by atoms with Gasteiger partial charge in [-0.05, 0) is 43.0 Å². The normalized spacial score (nSPS) is 14.2. The third-order valence-corrected chi connectivity index (χ3v) is 4.24. The van der Waals surface area contributed by atoms with Crippen LogP contribution in [0.15, 0.2) is 46.2 Å². The average Bonchev–Trinajstić information content (AvgIpc) is 3.32. The fourth-order valence-corrected chi connectivity index (χ4v) is 2.60. The number of aryl methyl sites for hydroxylation is 1. The molecule has 1 fully saturated rings. The lowest BCUT2D eigenvalue weighted by Gasteiger charge is -2.14. The van der Waals surface area contributed by atoms with E-state index in [1.165, 1.54) is 12.8 Å². The molecule has 1 aromatic heterocycles. The van der Waals surface area contributed by atoms with E-state index in [0.29, 0.717) is 0 Å². The fraction of sp³-hybridized carbons (Fsp3) is 0.312. The molecule has 0 aliphatic heterocycles. The van der Waals surface area contributed by atoms with Crippen molar-refractivity contribution < 1.29 is 4.55 Å². The maximum absolute atomic E-state index is 11.5. The van der Waals surface area contributed by atoms with E-state index in [1.54, 1.807) is 17.7 Å². The number of hydrogen-bond acceptors (Lipinski definition) is 4. The highest BCUT2D eigenvalue weighted by molar-refractivity contribution is 7.93. The Morgan fingerprint density at radius 2 is 2.14 bits per heavy atom. The lowest BCUT2D eigenvalue weighted by atomic mass is 10.1. The van der Waals surface area contributed by atoms with E-state index in [9.17, 15) is 9.35 Å². The van der Waals surface area contributed by atoms with Crippen LogP contribution in [0.4, 0.5) is 5.69 Å². The summed E-state index contributed by atoms with van der Waals surface area (Å²) in [5.74, 6) is 0.782. The van der Waals surface area contributed by atoms with E-state index >= 15 is 0 Å². The van der Waals surface area contributed by atoms with Crippen LogP contribution in [0.2, 0.25) is 0 Å². The molecule has 0 atom stereocenters. The Bertz CT molecular complexity index is 708. The van der Waals surface area contributed by atoms with Gasteiger partial charge in [-0.3, -0.25) is 4.79 Å². The van der Waals surface area contributed by atoms with E-state index < -0.39 is 0 Å². The van der Waals surface area contributed by atoms with Crippen molar-refractivity contribution in [2.75, 3.05) is 11.9 Å². The third kappa shape index (κ3) is 3.31. The maximum Gasteiger partial charge on any atom is 0.250 e. The number of pyridine rings is 1. The Balaban J connectivity index is 1.99. The molecule has 0 radical (unpaired) electrons. The van der Waals surface area contributed by atoms with Gasteiger partial charge in [-0.25, -0.2) is 0 Å². The summed E-state index contributed by atoms with van der Waals surface area (Å²) in [7, 11) is 1.74. The molecule has 1 aliphatic rings. The van der Waals surface area contributed by atoms with Gasteiger partial charge in [0.2, 0.25) is 5.56 Å². The first kappa shape index (κ1) is 14.2. The molecule has 5 heteroatoms. The zero-order valence-corrected chi connectivity index (χ0v) is 12.7. The van der Waals surface area contributed by atoms with Crippen LogP contribution in [-0.2, 0) is 7.05 Å². The van der Waals surface area contributed by atoms with Crippen molar-refractivity contribution in [3.63, 3.8) is 0 Å². The number of benzene rings is 1. The predicted molar refractivity (Wildman–Crippen MR) is 86.8 cm³/mol. The van der Waals surface area contributed by atoms with Gasteiger partial charge in [0.15, 0.2) is 0 Å². The van der Waals surface area contributed by atoms with E-state index in [2.05, 4.69) is 5.32 Å². The summed E-state index contributed by atoms with van der Waals surface area (Å²) in [6, 6.07) is 9.22. The molecule has 110 valence electrons. The Labute approximate surface area is 128 Å². The largest absolute Gasteiger partial charge is 0.384 e. The van der Waals surface area contributed by atoms with Crippen LogP contribution in [0.1, 0.15) is 12.8 Å². The summed E-state index contributed by atoms with van der Waals surface area (Å²) in [5, 5.41) is 3.48. The minimum absolute atomic E-state index is 0.0288. The molecule has 0 saturated heterocycles. The lowest BCUT2D eigenvalue weighted by molar-refractivity contribution is 0.664. The Hall–Kier alpha value is -1.72. The number of anilines is 1. The Morgan fingerprint density at radius 1 is 1.33 bits per heavy atom. The van der Waals surface area contributed by atoms with Crippen molar-refractivity contribution in [3.05, 3.63) is 46.9 Å². The van der Waals surface area contributed by atoms with Crippen LogP contribution in [0.3, 0.4) is 0 Å². The van der Waals surface area contributed by atoms with Crippen molar-refractivity contribution >= 4 is 17.7 Å². The van der Waals surface area contributed by atoms with Gasteiger partial charge in [0.1, 0.15) is 0 Å². The molecule has 1 aromatic carbocycles. The van der Waals surface area contributed by atoms with Gasteiger partial charge in [0, 0.05) is 59.6 Å². The van der Waals surface area contributed by atoms with Crippen LogP contribution in [-0.4, -0.2) is 15.7 Å². The second-order valence-corrected chi connectivity index (χ2v) is 6.14. The average molecular weight is 302 g/mol. The van der Waals surface area contributed by atoms with Crippen molar-refractivity contribution in [3.8, 4) is 11.1 Å². The first-order valence-electron chi connectivity index (χ1n) is 7.04. The van der Waals surface area contributed by atoms with E-state index in [-0.39, 0.29) is 5.56 Å². The smallest absolute Gasteiger partial charge is 0.250 e. The van der Waals surface area contributed by atoms with Crippen molar-refractivity contribution in [2.45, 2.75) is 17.7 Å². The fourth-order valence-electron chi connectivity index (χ4n) is 2.30.